The summed E-state index contributed by atoms with van der Waals surface area (Å²) in [5.41, 5.74) is 0.924. The van der Waals surface area contributed by atoms with Crippen molar-refractivity contribution in [2.45, 2.75) is 0 Å². The number of aromatic hydroxyl groups is 1. The molecule has 0 aromatic heterocycles. The summed E-state index contributed by atoms with van der Waals surface area (Å²) in [6.07, 6.45) is 0. The molecule has 0 heterocycles. The van der Waals surface area contributed by atoms with Gasteiger partial charge < -0.3 is 19.3 Å². The van der Waals surface area contributed by atoms with Crippen molar-refractivity contribution in [2.24, 2.45) is 0 Å². The Kier molecular flexibility index (Phi) is 6.77. The normalized spacial score (nSPS) is 8.74. The minimum atomic E-state index is 0.0425. The first kappa shape index (κ1) is 17.7. The first-order valence-corrected chi connectivity index (χ1v) is 6.47. The summed E-state index contributed by atoms with van der Waals surface area (Å²) < 4.78 is 14.8. The molecule has 0 spiro atoms. The number of nitriles is 2. The Morgan fingerprint density at radius 3 is 1.48 bits per heavy atom. The van der Waals surface area contributed by atoms with E-state index in [-0.39, 0.29) is 5.75 Å². The van der Waals surface area contributed by atoms with Gasteiger partial charge in [-0.3, -0.25) is 0 Å². The number of phenolic OH excluding ortho intramolecular Hbond substituents is 1. The van der Waals surface area contributed by atoms with Gasteiger partial charge >= 0.3 is 0 Å². The van der Waals surface area contributed by atoms with Crippen molar-refractivity contribution >= 4 is 0 Å². The molecule has 0 aliphatic heterocycles. The molecule has 2 aromatic rings. The topological polar surface area (TPSA) is 95.5 Å². The second-order valence-corrected chi connectivity index (χ2v) is 4.24. The molecule has 0 aliphatic carbocycles. The summed E-state index contributed by atoms with van der Waals surface area (Å²) in [6.45, 7) is 0. The summed E-state index contributed by atoms with van der Waals surface area (Å²) in [6, 6.07) is 13.3. The molecule has 0 saturated carbocycles. The van der Waals surface area contributed by atoms with E-state index < -0.39 is 0 Å². The standard InChI is InChI=1S/C9H9NO2.C8H7NO2/c1-11-8-3-7(6-10)4-9(5-8)12-2;1-11-8-3-6(5-9)2-7(10)4-8/h3-5H,1-2H3;2-4,10H,1H3. The molecule has 23 heavy (non-hydrogen) atoms. The first-order valence-electron chi connectivity index (χ1n) is 6.47. The molecule has 2 rings (SSSR count). The Morgan fingerprint density at radius 2 is 1.09 bits per heavy atom. The van der Waals surface area contributed by atoms with E-state index in [1.54, 1.807) is 38.5 Å². The van der Waals surface area contributed by atoms with Gasteiger partial charge in [0.15, 0.2) is 0 Å². The van der Waals surface area contributed by atoms with Gasteiger partial charge in [-0.2, -0.15) is 10.5 Å². The highest BCUT2D eigenvalue weighted by atomic mass is 16.5. The summed E-state index contributed by atoms with van der Waals surface area (Å²) in [4.78, 5) is 0. The van der Waals surface area contributed by atoms with E-state index >= 15 is 0 Å². The van der Waals surface area contributed by atoms with Gasteiger partial charge in [0.25, 0.3) is 0 Å². The van der Waals surface area contributed by atoms with Gasteiger partial charge in [0.2, 0.25) is 0 Å². The molecule has 0 atom stereocenters. The van der Waals surface area contributed by atoms with Crippen LogP contribution in [0, 0.1) is 22.7 Å². The largest absolute Gasteiger partial charge is 0.508 e. The number of nitrogens with zero attached hydrogens (tertiary/aromatic N) is 2. The molecule has 2 aromatic carbocycles. The highest BCUT2D eigenvalue weighted by Crippen LogP contribution is 2.21. The lowest BCUT2D eigenvalue weighted by Gasteiger charge is -2.03. The molecule has 0 radical (unpaired) electrons. The van der Waals surface area contributed by atoms with E-state index in [4.69, 9.17) is 29.8 Å². The van der Waals surface area contributed by atoms with Crippen LogP contribution in [0.3, 0.4) is 0 Å². The van der Waals surface area contributed by atoms with Gasteiger partial charge in [-0.05, 0) is 24.3 Å². The molecule has 0 aliphatic rings. The van der Waals surface area contributed by atoms with E-state index in [2.05, 4.69) is 0 Å². The van der Waals surface area contributed by atoms with Crippen LogP contribution in [0.15, 0.2) is 36.4 Å². The molecule has 6 nitrogen and oxygen atoms in total. The van der Waals surface area contributed by atoms with Crippen molar-refractivity contribution in [3.8, 4) is 35.1 Å². The molecule has 6 heteroatoms. The van der Waals surface area contributed by atoms with E-state index in [0.29, 0.717) is 28.4 Å². The zero-order valence-electron chi connectivity index (χ0n) is 13.0. The third-order valence-electron chi connectivity index (χ3n) is 2.74. The fourth-order valence-corrected chi connectivity index (χ4v) is 1.64. The van der Waals surface area contributed by atoms with Crippen LogP contribution in [-0.4, -0.2) is 26.4 Å². The zero-order valence-corrected chi connectivity index (χ0v) is 13.0. The van der Waals surface area contributed by atoms with Crippen molar-refractivity contribution in [1.82, 2.24) is 0 Å². The Balaban J connectivity index is 0.000000231. The number of phenols is 1. The van der Waals surface area contributed by atoms with Crippen molar-refractivity contribution in [3.05, 3.63) is 47.5 Å². The molecular formula is C17H16N2O4. The van der Waals surface area contributed by atoms with Gasteiger partial charge in [-0.15, -0.1) is 0 Å². The fraction of sp³-hybridized carbons (Fsp3) is 0.176. The lowest BCUT2D eigenvalue weighted by Crippen LogP contribution is -1.88. The van der Waals surface area contributed by atoms with Crippen molar-refractivity contribution in [1.29, 1.82) is 10.5 Å². The average Bonchev–Trinajstić information content (AvgIpc) is 2.60. The summed E-state index contributed by atoms with van der Waals surface area (Å²) in [5.74, 6) is 1.79. The predicted molar refractivity (Wildman–Crippen MR) is 83.6 cm³/mol. The monoisotopic (exact) mass is 312 g/mol. The number of ether oxygens (including phenoxy) is 3. The van der Waals surface area contributed by atoms with E-state index in [0.717, 1.165) is 0 Å². The van der Waals surface area contributed by atoms with Crippen LogP contribution in [-0.2, 0) is 0 Å². The maximum absolute atomic E-state index is 9.02. The molecule has 0 amide bonds. The second-order valence-electron chi connectivity index (χ2n) is 4.24. The number of methoxy groups -OCH3 is 3. The smallest absolute Gasteiger partial charge is 0.123 e. The Bertz CT molecular complexity index is 723. The number of benzene rings is 2. The second kappa shape index (κ2) is 8.81. The summed E-state index contributed by atoms with van der Waals surface area (Å²) >= 11 is 0. The SMILES string of the molecule is COc1cc(C#N)cc(OC)c1.COc1cc(O)cc(C#N)c1. The van der Waals surface area contributed by atoms with Gasteiger partial charge in [-0.1, -0.05) is 0 Å². The van der Waals surface area contributed by atoms with E-state index in [1.807, 2.05) is 12.1 Å². The van der Waals surface area contributed by atoms with Gasteiger partial charge in [-0.25, -0.2) is 0 Å². The highest BCUT2D eigenvalue weighted by Gasteiger charge is 1.99. The third-order valence-corrected chi connectivity index (χ3v) is 2.74. The van der Waals surface area contributed by atoms with Crippen molar-refractivity contribution < 1.29 is 19.3 Å². The van der Waals surface area contributed by atoms with Crippen LogP contribution in [0.25, 0.3) is 0 Å². The minimum absolute atomic E-state index is 0.0425. The Morgan fingerprint density at radius 1 is 0.696 bits per heavy atom. The lowest BCUT2D eigenvalue weighted by atomic mass is 10.2. The third kappa shape index (κ3) is 5.49. The van der Waals surface area contributed by atoms with Crippen LogP contribution < -0.4 is 14.2 Å². The van der Waals surface area contributed by atoms with Crippen LogP contribution >= 0.6 is 0 Å². The zero-order chi connectivity index (χ0) is 17.2. The Labute approximate surface area is 134 Å². The lowest BCUT2D eigenvalue weighted by molar-refractivity contribution is 0.394. The molecule has 0 unspecified atom stereocenters. The molecule has 0 fully saturated rings. The maximum atomic E-state index is 9.02. The molecular weight excluding hydrogens is 296 g/mol. The molecule has 1 N–H and O–H groups in total. The number of rotatable bonds is 3. The van der Waals surface area contributed by atoms with Gasteiger partial charge in [0.05, 0.1) is 44.6 Å². The fourth-order valence-electron chi connectivity index (χ4n) is 1.64. The summed E-state index contributed by atoms with van der Waals surface area (Å²) in [7, 11) is 4.59. The number of hydrogen-bond donors (Lipinski definition) is 1. The maximum Gasteiger partial charge on any atom is 0.123 e. The minimum Gasteiger partial charge on any atom is -0.508 e. The van der Waals surface area contributed by atoms with E-state index in [1.165, 1.54) is 19.2 Å². The van der Waals surface area contributed by atoms with Crippen molar-refractivity contribution in [2.75, 3.05) is 21.3 Å². The van der Waals surface area contributed by atoms with Gasteiger partial charge in [0, 0.05) is 12.1 Å². The average molecular weight is 312 g/mol. The predicted octanol–water partition coefficient (Wildman–Crippen LogP) is 2.85. The molecule has 0 bridgehead atoms. The molecule has 118 valence electrons. The quantitative estimate of drug-likeness (QED) is 0.936. The number of hydrogen-bond acceptors (Lipinski definition) is 6. The Hall–Kier alpha value is -3.38. The highest BCUT2D eigenvalue weighted by molar-refractivity contribution is 5.44. The van der Waals surface area contributed by atoms with Gasteiger partial charge in [0.1, 0.15) is 23.0 Å². The first-order chi connectivity index (χ1) is 11.1. The van der Waals surface area contributed by atoms with E-state index in [9.17, 15) is 0 Å². The summed E-state index contributed by atoms with van der Waals surface area (Å²) in [5, 5.41) is 26.1. The van der Waals surface area contributed by atoms with Crippen LogP contribution in [0.2, 0.25) is 0 Å². The van der Waals surface area contributed by atoms with Crippen LogP contribution in [0.4, 0.5) is 0 Å². The van der Waals surface area contributed by atoms with Crippen molar-refractivity contribution in [3.63, 3.8) is 0 Å². The van der Waals surface area contributed by atoms with Crippen LogP contribution in [0.5, 0.6) is 23.0 Å². The van der Waals surface area contributed by atoms with Crippen LogP contribution in [0.1, 0.15) is 11.1 Å². The molecule has 0 saturated heterocycles.